The van der Waals surface area contributed by atoms with Gasteiger partial charge in [-0.15, -0.1) is 0 Å². The van der Waals surface area contributed by atoms with Crippen LogP contribution in [-0.4, -0.2) is 39.9 Å². The van der Waals surface area contributed by atoms with Crippen LogP contribution in [0.1, 0.15) is 34.0 Å². The first-order chi connectivity index (χ1) is 15.3. The van der Waals surface area contributed by atoms with Gasteiger partial charge in [0.15, 0.2) is 6.29 Å². The highest BCUT2D eigenvalue weighted by Gasteiger charge is 2.49. The summed E-state index contributed by atoms with van der Waals surface area (Å²) in [5.41, 5.74) is -4.42. The Labute approximate surface area is 191 Å². The van der Waals surface area contributed by atoms with Gasteiger partial charge in [0.05, 0.1) is 12.2 Å². The number of pyridine rings is 1. The molecule has 0 radical (unpaired) electrons. The van der Waals surface area contributed by atoms with Gasteiger partial charge in [-0.3, -0.25) is 4.79 Å². The first kappa shape index (κ1) is 25.0. The summed E-state index contributed by atoms with van der Waals surface area (Å²) in [5.74, 6) is -0.0569. The Hall–Kier alpha value is -2.60. The van der Waals surface area contributed by atoms with Gasteiger partial charge in [-0.2, -0.15) is 26.6 Å². The highest BCUT2D eigenvalue weighted by Crippen LogP contribution is 2.41. The van der Waals surface area contributed by atoms with Gasteiger partial charge in [0.25, 0.3) is 0 Å². The number of benzene rings is 1. The van der Waals surface area contributed by atoms with Crippen LogP contribution in [0.4, 0.5) is 13.2 Å². The normalized spacial score (nSPS) is 16.2. The van der Waals surface area contributed by atoms with Crippen molar-refractivity contribution in [2.75, 3.05) is 6.61 Å². The number of rotatable bonds is 9. The monoisotopic (exact) mass is 503 g/mol. The number of halogens is 3. The second-order valence-electron chi connectivity index (χ2n) is 8.77. The van der Waals surface area contributed by atoms with Crippen molar-refractivity contribution < 1.29 is 40.0 Å². The summed E-state index contributed by atoms with van der Waals surface area (Å²) in [6, 6.07) is 8.09. The lowest BCUT2D eigenvalue weighted by Crippen LogP contribution is -2.28. The molecule has 33 heavy (non-hydrogen) atoms. The molecular weight excluding hydrogens is 479 g/mol. The lowest BCUT2D eigenvalue weighted by atomic mass is 10.1. The van der Waals surface area contributed by atoms with Crippen molar-refractivity contribution in [2.45, 2.75) is 50.1 Å². The molecule has 7 nitrogen and oxygen atoms in total. The number of hydrogen-bond acceptors (Lipinski definition) is 7. The maximum Gasteiger partial charge on any atom is 0.534 e. The van der Waals surface area contributed by atoms with Crippen molar-refractivity contribution >= 4 is 24.5 Å². The topological polar surface area (TPSA) is 91.8 Å². The number of fused-ring (bicyclic) bond motifs is 1. The molecule has 1 atom stereocenters. The molecular formula is C21H24F3NO6SSi. The second kappa shape index (κ2) is 9.33. The number of carbonyl (C=O) groups is 1. The predicted molar refractivity (Wildman–Crippen MR) is 117 cm³/mol. The molecule has 0 amide bonds. The number of ether oxygens (including phenoxy) is 2. The zero-order valence-electron chi connectivity index (χ0n) is 18.3. The molecule has 1 aromatic heterocycles. The summed E-state index contributed by atoms with van der Waals surface area (Å²) < 4.78 is 76.9. The van der Waals surface area contributed by atoms with E-state index in [4.69, 9.17) is 9.47 Å². The quantitative estimate of drug-likeness (QED) is 0.208. The van der Waals surface area contributed by atoms with E-state index >= 15 is 0 Å². The van der Waals surface area contributed by atoms with Crippen LogP contribution < -0.4 is 13.7 Å². The van der Waals surface area contributed by atoms with E-state index in [1.807, 2.05) is 0 Å². The number of hydrogen-bond donors (Lipinski definition) is 0. The van der Waals surface area contributed by atoms with E-state index < -0.39 is 29.8 Å². The zero-order chi connectivity index (χ0) is 24.4. The molecule has 0 unspecified atom stereocenters. The fraction of sp³-hybridized carbons (Fsp3) is 0.429. The van der Waals surface area contributed by atoms with Crippen LogP contribution in [0.2, 0.25) is 25.7 Å². The molecule has 3 rings (SSSR count). The van der Waals surface area contributed by atoms with Crippen molar-refractivity contribution in [3.63, 3.8) is 0 Å². The van der Waals surface area contributed by atoms with Crippen LogP contribution in [-0.2, 0) is 16.5 Å². The van der Waals surface area contributed by atoms with E-state index in [9.17, 15) is 26.4 Å². The Morgan fingerprint density at radius 1 is 1.18 bits per heavy atom. The fourth-order valence-corrected chi connectivity index (χ4v) is 4.45. The summed E-state index contributed by atoms with van der Waals surface area (Å²) in [7, 11) is -7.13. The average Bonchev–Trinajstić information content (AvgIpc) is 3.10. The predicted octanol–water partition coefficient (Wildman–Crippen LogP) is 4.91. The van der Waals surface area contributed by atoms with E-state index in [1.165, 1.54) is 24.3 Å². The SMILES string of the molecule is C[Si](C)(C)CCOc1nc(O[C@H]2CCc3c(OS(=O)(=O)C(F)(F)F)cccc32)ccc1C=O. The van der Waals surface area contributed by atoms with Crippen molar-refractivity contribution in [2.24, 2.45) is 0 Å². The van der Waals surface area contributed by atoms with E-state index in [0.717, 1.165) is 6.04 Å². The average molecular weight is 504 g/mol. The van der Waals surface area contributed by atoms with Gasteiger partial charge in [0, 0.05) is 19.7 Å². The van der Waals surface area contributed by atoms with E-state index in [-0.39, 0.29) is 29.5 Å². The largest absolute Gasteiger partial charge is 0.534 e. The van der Waals surface area contributed by atoms with Crippen molar-refractivity contribution in [1.29, 1.82) is 0 Å². The Kier molecular flexibility index (Phi) is 7.08. The summed E-state index contributed by atoms with van der Waals surface area (Å²) in [5, 5.41) is 0. The number of aromatic nitrogens is 1. The zero-order valence-corrected chi connectivity index (χ0v) is 20.1. The molecule has 0 aliphatic heterocycles. The van der Waals surface area contributed by atoms with Gasteiger partial charge < -0.3 is 13.7 Å². The Morgan fingerprint density at radius 2 is 1.91 bits per heavy atom. The summed E-state index contributed by atoms with van der Waals surface area (Å²) in [4.78, 5) is 15.6. The van der Waals surface area contributed by atoms with E-state index in [1.54, 1.807) is 6.07 Å². The number of alkyl halides is 3. The molecule has 1 aliphatic carbocycles. The lowest BCUT2D eigenvalue weighted by molar-refractivity contribution is -0.0500. The molecule has 1 heterocycles. The van der Waals surface area contributed by atoms with Gasteiger partial charge in [-0.25, -0.2) is 0 Å². The van der Waals surface area contributed by atoms with Gasteiger partial charge in [0.1, 0.15) is 11.9 Å². The Morgan fingerprint density at radius 3 is 2.55 bits per heavy atom. The van der Waals surface area contributed by atoms with Crippen LogP contribution in [0, 0.1) is 0 Å². The molecule has 0 saturated heterocycles. The van der Waals surface area contributed by atoms with E-state index in [0.29, 0.717) is 30.4 Å². The number of carbonyl (C=O) groups excluding carboxylic acids is 1. The van der Waals surface area contributed by atoms with Crippen molar-refractivity contribution in [1.82, 2.24) is 4.98 Å². The van der Waals surface area contributed by atoms with Gasteiger partial charge in [-0.05, 0) is 36.6 Å². The number of nitrogens with zero attached hydrogens (tertiary/aromatic N) is 1. The maximum absolute atomic E-state index is 12.7. The van der Waals surface area contributed by atoms with Crippen LogP contribution >= 0.6 is 0 Å². The third-order valence-electron chi connectivity index (χ3n) is 5.00. The standard InChI is InChI=1S/C21H24F3NO6SSi/c1-33(2,3)12-11-29-20-14(13-26)7-10-19(25-20)30-17-9-8-16-15(17)5-4-6-18(16)31-32(27,28)21(22,23)24/h4-7,10,13,17H,8-9,11-12H2,1-3H3/t17-/m0/s1. The fourth-order valence-electron chi connectivity index (χ4n) is 3.25. The molecule has 0 fully saturated rings. The number of aldehydes is 1. The molecule has 1 aromatic carbocycles. The summed E-state index contributed by atoms with van der Waals surface area (Å²) >= 11 is 0. The highest BCUT2D eigenvalue weighted by molar-refractivity contribution is 7.88. The van der Waals surface area contributed by atoms with Gasteiger partial charge in [0.2, 0.25) is 11.8 Å². The van der Waals surface area contributed by atoms with Crippen LogP contribution in [0.5, 0.6) is 17.5 Å². The third-order valence-corrected chi connectivity index (χ3v) is 7.67. The summed E-state index contributed by atoms with van der Waals surface area (Å²) in [6.45, 7) is 6.99. The summed E-state index contributed by atoms with van der Waals surface area (Å²) in [6.07, 6.45) is 0.692. The maximum atomic E-state index is 12.7. The molecule has 1 aliphatic rings. The van der Waals surface area contributed by atoms with Gasteiger partial charge in [-0.1, -0.05) is 31.8 Å². The second-order valence-corrected chi connectivity index (χ2v) is 15.9. The molecule has 180 valence electrons. The van der Waals surface area contributed by atoms with Crippen molar-refractivity contribution in [3.8, 4) is 17.5 Å². The lowest BCUT2D eigenvalue weighted by Gasteiger charge is -2.18. The minimum Gasteiger partial charge on any atom is -0.477 e. The molecule has 0 N–H and O–H groups in total. The Balaban J connectivity index is 1.79. The molecule has 2 aromatic rings. The molecule has 12 heteroatoms. The van der Waals surface area contributed by atoms with Gasteiger partial charge >= 0.3 is 15.6 Å². The van der Waals surface area contributed by atoms with Crippen molar-refractivity contribution in [3.05, 3.63) is 47.0 Å². The third kappa shape index (κ3) is 6.05. The van der Waals surface area contributed by atoms with Crippen LogP contribution in [0.3, 0.4) is 0 Å². The van der Waals surface area contributed by atoms with Crippen LogP contribution in [0.15, 0.2) is 30.3 Å². The molecule has 0 bridgehead atoms. The molecule has 0 saturated carbocycles. The molecule has 0 spiro atoms. The van der Waals surface area contributed by atoms with Crippen LogP contribution in [0.25, 0.3) is 0 Å². The minimum atomic E-state index is -5.78. The van der Waals surface area contributed by atoms with E-state index in [2.05, 4.69) is 28.8 Å². The first-order valence-corrected chi connectivity index (χ1v) is 15.3. The smallest absolute Gasteiger partial charge is 0.477 e. The first-order valence-electron chi connectivity index (χ1n) is 10.2. The highest BCUT2D eigenvalue weighted by atomic mass is 32.2. The Bertz CT molecular complexity index is 1130. The minimum absolute atomic E-state index is 0.146.